The monoisotopic (exact) mass is 289 g/mol. The first-order valence-corrected chi connectivity index (χ1v) is 7.19. The van der Waals surface area contributed by atoms with Crippen LogP contribution in [0.1, 0.15) is 38.8 Å². The van der Waals surface area contributed by atoms with Crippen LogP contribution in [0.3, 0.4) is 0 Å². The van der Waals surface area contributed by atoms with E-state index >= 15 is 0 Å². The summed E-state index contributed by atoms with van der Waals surface area (Å²) in [5.41, 5.74) is 1.49. The second kappa shape index (κ2) is 5.04. The van der Waals surface area contributed by atoms with Crippen LogP contribution < -0.4 is 11.0 Å². The first-order valence-electron chi connectivity index (χ1n) is 7.19. The molecule has 21 heavy (non-hydrogen) atoms. The van der Waals surface area contributed by atoms with E-state index in [-0.39, 0.29) is 17.6 Å². The van der Waals surface area contributed by atoms with Crippen LogP contribution in [-0.2, 0) is 4.79 Å². The number of piperidine rings is 1. The normalized spacial score (nSPS) is 22.8. The van der Waals surface area contributed by atoms with Gasteiger partial charge in [-0.05, 0) is 32.4 Å². The predicted octanol–water partition coefficient (Wildman–Crippen LogP) is 1.15. The molecule has 1 aliphatic heterocycles. The molecule has 0 radical (unpaired) electrons. The average molecular weight is 289 g/mol. The van der Waals surface area contributed by atoms with Gasteiger partial charge < -0.3 is 10.4 Å². The van der Waals surface area contributed by atoms with Crippen molar-refractivity contribution < 1.29 is 9.90 Å². The number of aliphatic hydroxyl groups is 1. The van der Waals surface area contributed by atoms with Crippen LogP contribution >= 0.6 is 0 Å². The Morgan fingerprint density at radius 1 is 1.24 bits per heavy atom. The van der Waals surface area contributed by atoms with Crippen molar-refractivity contribution in [1.82, 2.24) is 14.5 Å². The summed E-state index contributed by atoms with van der Waals surface area (Å²) in [7, 11) is 0. The number of nitrogens with zero attached hydrogens (tertiary/aromatic N) is 2. The Kier molecular flexibility index (Phi) is 3.33. The van der Waals surface area contributed by atoms with E-state index in [0.717, 1.165) is 11.0 Å². The fourth-order valence-electron chi connectivity index (χ4n) is 3.05. The van der Waals surface area contributed by atoms with Crippen LogP contribution in [-0.4, -0.2) is 26.4 Å². The summed E-state index contributed by atoms with van der Waals surface area (Å²) in [5.74, 6) is -0.181. The van der Waals surface area contributed by atoms with Gasteiger partial charge >= 0.3 is 5.69 Å². The maximum atomic E-state index is 12.8. The Morgan fingerprint density at radius 2 is 1.90 bits per heavy atom. The SMILES string of the molecule is CC(C)n1c(=O)n(C2CCC(=O)NC2O)c2ccccc21. The highest BCUT2D eigenvalue weighted by Gasteiger charge is 2.31. The van der Waals surface area contributed by atoms with Crippen molar-refractivity contribution in [3.05, 3.63) is 34.7 Å². The number of amides is 1. The molecule has 1 fully saturated rings. The van der Waals surface area contributed by atoms with Crippen LogP contribution in [0, 0.1) is 0 Å². The zero-order valence-electron chi connectivity index (χ0n) is 12.1. The van der Waals surface area contributed by atoms with Crippen LogP contribution in [0.5, 0.6) is 0 Å². The van der Waals surface area contributed by atoms with Gasteiger partial charge in [0.25, 0.3) is 0 Å². The highest BCUT2D eigenvalue weighted by molar-refractivity contribution is 5.78. The molecule has 0 bridgehead atoms. The topological polar surface area (TPSA) is 76.3 Å². The molecule has 112 valence electrons. The van der Waals surface area contributed by atoms with E-state index in [0.29, 0.717) is 12.8 Å². The number of imidazole rings is 1. The quantitative estimate of drug-likeness (QED) is 0.871. The average Bonchev–Trinajstić information content (AvgIpc) is 2.71. The molecule has 1 aromatic carbocycles. The molecule has 2 aromatic rings. The summed E-state index contributed by atoms with van der Waals surface area (Å²) in [6.45, 7) is 3.91. The van der Waals surface area contributed by atoms with E-state index in [1.165, 1.54) is 0 Å². The predicted molar refractivity (Wildman–Crippen MR) is 79.0 cm³/mol. The number of hydrogen-bond donors (Lipinski definition) is 2. The van der Waals surface area contributed by atoms with Gasteiger partial charge in [0.2, 0.25) is 5.91 Å². The fourth-order valence-corrected chi connectivity index (χ4v) is 3.05. The van der Waals surface area contributed by atoms with E-state index in [1.54, 1.807) is 9.13 Å². The second-order valence-electron chi connectivity index (χ2n) is 5.72. The lowest BCUT2D eigenvalue weighted by molar-refractivity contribution is -0.128. The molecule has 3 rings (SSSR count). The Labute approximate surface area is 122 Å². The number of hydrogen-bond acceptors (Lipinski definition) is 3. The summed E-state index contributed by atoms with van der Waals surface area (Å²) in [6.07, 6.45) is -0.260. The maximum absolute atomic E-state index is 12.8. The molecule has 1 saturated heterocycles. The number of rotatable bonds is 2. The minimum atomic E-state index is -1.03. The molecule has 1 aliphatic rings. The van der Waals surface area contributed by atoms with Gasteiger partial charge in [0, 0.05) is 12.5 Å². The summed E-state index contributed by atoms with van der Waals surface area (Å²) < 4.78 is 3.33. The van der Waals surface area contributed by atoms with E-state index in [2.05, 4.69) is 5.32 Å². The lowest BCUT2D eigenvalue weighted by atomic mass is 10.0. The van der Waals surface area contributed by atoms with E-state index < -0.39 is 12.3 Å². The molecule has 1 aromatic heterocycles. The Hall–Kier alpha value is -2.08. The molecule has 2 N–H and O–H groups in total. The van der Waals surface area contributed by atoms with Gasteiger partial charge in [-0.25, -0.2) is 4.79 Å². The zero-order valence-corrected chi connectivity index (χ0v) is 12.1. The Bertz CT molecular complexity index is 744. The standard InChI is InChI=1S/C15H19N3O3/c1-9(2)17-10-5-3-4-6-11(10)18(15(17)21)12-7-8-13(19)16-14(12)20/h3-6,9,12,14,20H,7-8H2,1-2H3,(H,16,19). The van der Waals surface area contributed by atoms with Crippen molar-refractivity contribution >= 4 is 16.9 Å². The number of carbonyl (C=O) groups is 1. The number of aromatic nitrogens is 2. The molecular weight excluding hydrogens is 270 g/mol. The highest BCUT2D eigenvalue weighted by Crippen LogP contribution is 2.26. The van der Waals surface area contributed by atoms with E-state index in [4.69, 9.17) is 0 Å². The molecule has 2 heterocycles. The summed E-state index contributed by atoms with van der Waals surface area (Å²) in [5, 5.41) is 12.6. The summed E-state index contributed by atoms with van der Waals surface area (Å²) in [4.78, 5) is 24.1. The smallest absolute Gasteiger partial charge is 0.329 e. The molecular formula is C15H19N3O3. The molecule has 1 amide bonds. The third kappa shape index (κ3) is 2.15. The highest BCUT2D eigenvalue weighted by atomic mass is 16.3. The largest absolute Gasteiger partial charge is 0.372 e. The molecule has 2 unspecified atom stereocenters. The van der Waals surface area contributed by atoms with Gasteiger partial charge in [0.15, 0.2) is 0 Å². The number of benzene rings is 1. The van der Waals surface area contributed by atoms with Gasteiger partial charge in [-0.2, -0.15) is 0 Å². The van der Waals surface area contributed by atoms with Gasteiger partial charge in [-0.15, -0.1) is 0 Å². The fraction of sp³-hybridized carbons (Fsp3) is 0.467. The van der Waals surface area contributed by atoms with Crippen molar-refractivity contribution in [3.8, 4) is 0 Å². The number of carbonyl (C=O) groups excluding carboxylic acids is 1. The molecule has 6 nitrogen and oxygen atoms in total. The zero-order chi connectivity index (χ0) is 15.1. The van der Waals surface area contributed by atoms with Gasteiger partial charge in [-0.1, -0.05) is 12.1 Å². The minimum Gasteiger partial charge on any atom is -0.372 e. The molecule has 2 atom stereocenters. The second-order valence-corrected chi connectivity index (χ2v) is 5.72. The molecule has 0 spiro atoms. The van der Waals surface area contributed by atoms with Crippen molar-refractivity contribution in [3.63, 3.8) is 0 Å². The minimum absolute atomic E-state index is 0.0268. The van der Waals surface area contributed by atoms with Gasteiger partial charge in [0.05, 0.1) is 17.1 Å². The van der Waals surface area contributed by atoms with Gasteiger partial charge in [-0.3, -0.25) is 13.9 Å². The molecule has 0 saturated carbocycles. The van der Waals surface area contributed by atoms with Crippen LogP contribution in [0.4, 0.5) is 0 Å². The third-order valence-corrected chi connectivity index (χ3v) is 4.00. The van der Waals surface area contributed by atoms with Crippen LogP contribution in [0.25, 0.3) is 11.0 Å². The summed E-state index contributed by atoms with van der Waals surface area (Å²) >= 11 is 0. The van der Waals surface area contributed by atoms with Crippen molar-refractivity contribution in [1.29, 1.82) is 0 Å². The Balaban J connectivity index is 2.21. The lowest BCUT2D eigenvalue weighted by Gasteiger charge is -2.29. The van der Waals surface area contributed by atoms with Crippen molar-refractivity contribution in [2.75, 3.05) is 0 Å². The lowest BCUT2D eigenvalue weighted by Crippen LogP contribution is -2.47. The number of fused-ring (bicyclic) bond motifs is 1. The third-order valence-electron chi connectivity index (χ3n) is 4.00. The first kappa shape index (κ1) is 13.9. The maximum Gasteiger partial charge on any atom is 0.329 e. The number of para-hydroxylation sites is 2. The molecule has 0 aliphatic carbocycles. The van der Waals surface area contributed by atoms with Crippen LogP contribution in [0.2, 0.25) is 0 Å². The Morgan fingerprint density at radius 3 is 2.52 bits per heavy atom. The van der Waals surface area contributed by atoms with Crippen molar-refractivity contribution in [2.24, 2.45) is 0 Å². The number of aliphatic hydroxyl groups excluding tert-OH is 1. The summed E-state index contributed by atoms with van der Waals surface area (Å²) in [6, 6.07) is 7.14. The van der Waals surface area contributed by atoms with E-state index in [1.807, 2.05) is 38.1 Å². The first-order chi connectivity index (χ1) is 10.0. The van der Waals surface area contributed by atoms with Crippen LogP contribution in [0.15, 0.2) is 29.1 Å². The number of nitrogens with one attached hydrogen (secondary N) is 1. The van der Waals surface area contributed by atoms with E-state index in [9.17, 15) is 14.7 Å². The molecule has 6 heteroatoms. The van der Waals surface area contributed by atoms with Gasteiger partial charge in [0.1, 0.15) is 6.23 Å². The van der Waals surface area contributed by atoms with Crippen molar-refractivity contribution in [2.45, 2.75) is 45.0 Å².